The van der Waals surface area contributed by atoms with E-state index in [0.29, 0.717) is 22.3 Å². The molecule has 0 spiro atoms. The molecular weight excluding hydrogens is 381 g/mol. The first-order chi connectivity index (χ1) is 14.5. The van der Waals surface area contributed by atoms with Crippen LogP contribution in [0.4, 0.5) is 10.1 Å². The van der Waals surface area contributed by atoms with Crippen LogP contribution in [0.2, 0.25) is 0 Å². The van der Waals surface area contributed by atoms with Gasteiger partial charge in [0.25, 0.3) is 5.69 Å². The van der Waals surface area contributed by atoms with Crippen molar-refractivity contribution in [2.24, 2.45) is 0 Å². The minimum Gasteiger partial charge on any atom is -0.258 e. The summed E-state index contributed by atoms with van der Waals surface area (Å²) in [4.78, 5) is 11.4. The van der Waals surface area contributed by atoms with Gasteiger partial charge in [0, 0.05) is 6.07 Å². The van der Waals surface area contributed by atoms with Crippen molar-refractivity contribution >= 4 is 5.69 Å². The summed E-state index contributed by atoms with van der Waals surface area (Å²) in [6.07, 6.45) is 0. The van der Waals surface area contributed by atoms with Crippen molar-refractivity contribution < 1.29 is 14.4 Å². The average molecular weight is 398 g/mol. The molecular formula is C25H17FNO3. The van der Waals surface area contributed by atoms with Gasteiger partial charge in [0.1, 0.15) is 5.82 Å². The molecule has 5 heteroatoms. The summed E-state index contributed by atoms with van der Waals surface area (Å²) in [5.74, 6) is -0.426. The minimum absolute atomic E-state index is 0.0269. The second-order valence-electron chi connectivity index (χ2n) is 6.88. The molecule has 0 fully saturated rings. The Hall–Kier alpha value is -3.83. The zero-order valence-electron chi connectivity index (χ0n) is 15.9. The predicted molar refractivity (Wildman–Crippen MR) is 112 cm³/mol. The van der Waals surface area contributed by atoms with E-state index in [1.54, 1.807) is 66.7 Å². The van der Waals surface area contributed by atoms with Crippen LogP contribution in [0.3, 0.4) is 0 Å². The van der Waals surface area contributed by atoms with E-state index in [4.69, 9.17) is 0 Å². The van der Waals surface area contributed by atoms with Gasteiger partial charge in [0.2, 0.25) is 0 Å². The third kappa shape index (κ3) is 3.36. The second kappa shape index (κ2) is 7.89. The molecule has 0 saturated carbocycles. The Bertz CT molecular complexity index is 1140. The number of hydrogen-bond acceptors (Lipinski definition) is 2. The van der Waals surface area contributed by atoms with Crippen LogP contribution in [0, 0.1) is 15.9 Å². The van der Waals surface area contributed by atoms with Gasteiger partial charge in [-0.3, -0.25) is 10.1 Å². The third-order valence-electron chi connectivity index (χ3n) is 5.11. The summed E-state index contributed by atoms with van der Waals surface area (Å²) in [6, 6.07) is 27.3. The zero-order valence-corrected chi connectivity index (χ0v) is 15.9. The van der Waals surface area contributed by atoms with E-state index in [-0.39, 0.29) is 11.3 Å². The maximum absolute atomic E-state index is 14.7. The first kappa shape index (κ1) is 19.5. The maximum Gasteiger partial charge on any atom is 0.276 e. The van der Waals surface area contributed by atoms with E-state index in [2.05, 4.69) is 0 Å². The Labute approximate surface area is 173 Å². The van der Waals surface area contributed by atoms with Crippen LogP contribution in [0.15, 0.2) is 103 Å². The fourth-order valence-corrected chi connectivity index (χ4v) is 3.73. The molecule has 0 atom stereocenters. The van der Waals surface area contributed by atoms with Gasteiger partial charge in [-0.15, -0.1) is 0 Å². The van der Waals surface area contributed by atoms with Crippen LogP contribution < -0.4 is 0 Å². The molecule has 0 saturated heterocycles. The summed E-state index contributed by atoms with van der Waals surface area (Å²) in [6.45, 7) is 0. The summed E-state index contributed by atoms with van der Waals surface area (Å²) in [7, 11) is 0. The fraction of sp³-hybridized carbons (Fsp3) is 0.0400. The highest BCUT2D eigenvalue weighted by molar-refractivity contribution is 5.76. The third-order valence-corrected chi connectivity index (χ3v) is 5.11. The number of nitro groups is 1. The minimum atomic E-state index is -2.05. The molecule has 0 aliphatic rings. The van der Waals surface area contributed by atoms with Gasteiger partial charge in [0.15, 0.2) is 5.60 Å². The van der Waals surface area contributed by atoms with Crippen LogP contribution in [-0.2, 0) is 10.7 Å². The Morgan fingerprint density at radius 2 is 1.23 bits per heavy atom. The molecule has 4 nitrogen and oxygen atoms in total. The van der Waals surface area contributed by atoms with Crippen molar-refractivity contribution in [3.63, 3.8) is 0 Å². The van der Waals surface area contributed by atoms with Crippen LogP contribution in [0.5, 0.6) is 0 Å². The van der Waals surface area contributed by atoms with Gasteiger partial charge in [-0.05, 0) is 34.4 Å². The quantitative estimate of drug-likeness (QED) is 0.231. The molecule has 0 unspecified atom stereocenters. The van der Waals surface area contributed by atoms with E-state index in [9.17, 15) is 19.6 Å². The Morgan fingerprint density at radius 3 is 1.73 bits per heavy atom. The lowest BCUT2D eigenvalue weighted by Gasteiger charge is -2.29. The van der Waals surface area contributed by atoms with Gasteiger partial charge in [0.05, 0.1) is 10.5 Å². The average Bonchev–Trinajstić information content (AvgIpc) is 2.79. The van der Waals surface area contributed by atoms with Crippen molar-refractivity contribution in [2.45, 2.75) is 5.60 Å². The van der Waals surface area contributed by atoms with E-state index >= 15 is 0 Å². The van der Waals surface area contributed by atoms with Crippen LogP contribution >= 0.6 is 0 Å². The summed E-state index contributed by atoms with van der Waals surface area (Å²) >= 11 is 0. The molecule has 0 heterocycles. The molecule has 4 aromatic rings. The summed E-state index contributed by atoms with van der Waals surface area (Å²) in [5, 5.41) is 26.7. The lowest BCUT2D eigenvalue weighted by molar-refractivity contribution is -0.386. The summed E-state index contributed by atoms with van der Waals surface area (Å²) < 4.78 is 13.5. The predicted octanol–water partition coefficient (Wildman–Crippen LogP) is 6.12. The fourth-order valence-electron chi connectivity index (χ4n) is 3.73. The monoisotopic (exact) mass is 398 g/mol. The Kier molecular flexibility index (Phi) is 5.12. The van der Waals surface area contributed by atoms with E-state index in [1.807, 2.05) is 0 Å². The number of benzene rings is 4. The smallest absolute Gasteiger partial charge is 0.258 e. The molecule has 0 N–H and O–H groups in total. The molecule has 147 valence electrons. The second-order valence-corrected chi connectivity index (χ2v) is 6.88. The van der Waals surface area contributed by atoms with Crippen molar-refractivity contribution in [3.05, 3.63) is 136 Å². The summed E-state index contributed by atoms with van der Waals surface area (Å²) in [5.41, 5.74) is -0.606. The largest absolute Gasteiger partial charge is 0.276 e. The van der Waals surface area contributed by atoms with E-state index in [0.717, 1.165) is 0 Å². The molecule has 0 amide bonds. The molecule has 0 bridgehead atoms. The first-order valence-electron chi connectivity index (χ1n) is 9.37. The SMILES string of the molecule is [O]C(c1ccccc1)(c1ccccc1)c1c(-c2ccc(F)cc2)cccc1[N+](=O)[O-]. The van der Waals surface area contributed by atoms with Crippen molar-refractivity contribution in [2.75, 3.05) is 0 Å². The number of rotatable bonds is 5. The number of hydrogen-bond donors (Lipinski definition) is 0. The number of nitro benzene ring substituents is 1. The Balaban J connectivity index is 2.11. The number of halogens is 1. The first-order valence-corrected chi connectivity index (χ1v) is 9.37. The molecule has 0 aromatic heterocycles. The van der Waals surface area contributed by atoms with Crippen LogP contribution in [-0.4, -0.2) is 4.92 Å². The zero-order chi connectivity index (χ0) is 21.1. The highest BCUT2D eigenvalue weighted by Crippen LogP contribution is 2.46. The van der Waals surface area contributed by atoms with Gasteiger partial charge in [-0.25, -0.2) is 9.50 Å². The Morgan fingerprint density at radius 1 is 0.700 bits per heavy atom. The molecule has 0 aliphatic heterocycles. The highest BCUT2D eigenvalue weighted by Gasteiger charge is 2.43. The highest BCUT2D eigenvalue weighted by atomic mass is 19.1. The van der Waals surface area contributed by atoms with Gasteiger partial charge >= 0.3 is 0 Å². The van der Waals surface area contributed by atoms with Crippen LogP contribution in [0.1, 0.15) is 16.7 Å². The molecule has 4 aromatic carbocycles. The van der Waals surface area contributed by atoms with Gasteiger partial charge in [-0.2, -0.15) is 0 Å². The molecule has 30 heavy (non-hydrogen) atoms. The molecule has 4 rings (SSSR count). The molecule has 1 radical (unpaired) electrons. The normalized spacial score (nSPS) is 11.3. The van der Waals surface area contributed by atoms with E-state index in [1.165, 1.54) is 36.4 Å². The van der Waals surface area contributed by atoms with Gasteiger partial charge in [-0.1, -0.05) is 84.9 Å². The standard InChI is InChI=1S/C25H17FNO3/c26-21-16-14-18(15-17-21)22-12-7-13-23(27(29)30)24(22)25(28,19-8-3-1-4-9-19)20-10-5-2-6-11-20/h1-17H. The van der Waals surface area contributed by atoms with Crippen LogP contribution in [0.25, 0.3) is 11.1 Å². The number of nitrogens with zero attached hydrogens (tertiary/aromatic N) is 1. The van der Waals surface area contributed by atoms with Crippen molar-refractivity contribution in [1.82, 2.24) is 0 Å². The van der Waals surface area contributed by atoms with Crippen molar-refractivity contribution in [1.29, 1.82) is 0 Å². The molecule has 0 aliphatic carbocycles. The topological polar surface area (TPSA) is 63.0 Å². The van der Waals surface area contributed by atoms with E-state index < -0.39 is 16.3 Å². The lowest BCUT2D eigenvalue weighted by Crippen LogP contribution is -2.29. The van der Waals surface area contributed by atoms with Crippen molar-refractivity contribution in [3.8, 4) is 11.1 Å². The lowest BCUT2D eigenvalue weighted by atomic mass is 9.76. The maximum atomic E-state index is 14.7. The van der Waals surface area contributed by atoms with Gasteiger partial charge < -0.3 is 0 Å².